The Labute approximate surface area is 65.8 Å². The molecular weight excluding hydrogens is 167 g/mol. The van der Waals surface area contributed by atoms with Gasteiger partial charge >= 0.3 is 7.82 Å². The number of hydrogen-bond acceptors (Lipinski definition) is 2. The van der Waals surface area contributed by atoms with E-state index in [9.17, 15) is 4.57 Å². The van der Waals surface area contributed by atoms with Crippen molar-refractivity contribution in [3.63, 3.8) is 0 Å². The number of phosphoric acid groups is 1. The number of hydrogen-bond donors (Lipinski definition) is 2. The smallest absolute Gasteiger partial charge is 0.303 e. The normalized spacial score (nSPS) is 23.9. The van der Waals surface area contributed by atoms with Crippen molar-refractivity contribution in [3.05, 3.63) is 0 Å². The summed E-state index contributed by atoms with van der Waals surface area (Å²) in [5.41, 5.74) is -0.584. The predicted molar refractivity (Wildman–Crippen MR) is 40.0 cm³/mol. The molecule has 1 aliphatic rings. The first-order valence-corrected chi connectivity index (χ1v) is 5.21. The van der Waals surface area contributed by atoms with Crippen LogP contribution in [0.25, 0.3) is 0 Å². The first-order valence-electron chi connectivity index (χ1n) is 3.68. The third-order valence-corrected chi connectivity index (χ3v) is 2.68. The third kappa shape index (κ3) is 2.91. The minimum Gasteiger partial charge on any atom is -0.303 e. The average molecular weight is 180 g/mol. The SMILES string of the molecule is CC1(OP(=O)(O)O)CCCC1. The van der Waals surface area contributed by atoms with Crippen LogP contribution in [-0.2, 0) is 9.09 Å². The lowest BCUT2D eigenvalue weighted by molar-refractivity contribution is 0.0556. The zero-order chi connectivity index (χ0) is 8.54. The van der Waals surface area contributed by atoms with Crippen LogP contribution in [-0.4, -0.2) is 15.4 Å². The van der Waals surface area contributed by atoms with E-state index in [1.54, 1.807) is 6.92 Å². The molecule has 0 heterocycles. The fraction of sp³-hybridized carbons (Fsp3) is 1.00. The van der Waals surface area contributed by atoms with Crippen LogP contribution in [0.5, 0.6) is 0 Å². The summed E-state index contributed by atoms with van der Waals surface area (Å²) in [4.78, 5) is 17.1. The van der Waals surface area contributed by atoms with Crippen LogP contribution in [0.4, 0.5) is 0 Å². The van der Waals surface area contributed by atoms with Gasteiger partial charge in [0, 0.05) is 0 Å². The Kier molecular flexibility index (Phi) is 2.40. The quantitative estimate of drug-likeness (QED) is 0.631. The summed E-state index contributed by atoms with van der Waals surface area (Å²) in [6.07, 6.45) is 3.49. The van der Waals surface area contributed by atoms with Crippen molar-refractivity contribution >= 4 is 7.82 Å². The molecule has 4 nitrogen and oxygen atoms in total. The minimum atomic E-state index is -4.28. The molecule has 66 valence electrons. The summed E-state index contributed by atoms with van der Waals surface area (Å²) < 4.78 is 15.1. The highest BCUT2D eigenvalue weighted by atomic mass is 31.2. The second kappa shape index (κ2) is 2.87. The van der Waals surface area contributed by atoms with Crippen LogP contribution >= 0.6 is 7.82 Å². The van der Waals surface area contributed by atoms with Crippen LogP contribution in [0, 0.1) is 0 Å². The van der Waals surface area contributed by atoms with Gasteiger partial charge in [-0.3, -0.25) is 4.52 Å². The van der Waals surface area contributed by atoms with Crippen molar-refractivity contribution in [3.8, 4) is 0 Å². The van der Waals surface area contributed by atoms with E-state index in [0.29, 0.717) is 0 Å². The van der Waals surface area contributed by atoms with Crippen molar-refractivity contribution < 1.29 is 18.9 Å². The van der Waals surface area contributed by atoms with Gasteiger partial charge in [-0.15, -0.1) is 0 Å². The van der Waals surface area contributed by atoms with E-state index < -0.39 is 13.4 Å². The monoisotopic (exact) mass is 180 g/mol. The number of phosphoric ester groups is 1. The van der Waals surface area contributed by atoms with E-state index in [2.05, 4.69) is 4.52 Å². The Bertz CT molecular complexity index is 179. The summed E-state index contributed by atoms with van der Waals surface area (Å²) in [6.45, 7) is 1.75. The fourth-order valence-electron chi connectivity index (χ4n) is 1.50. The molecular formula is C6H13O4P. The molecule has 0 saturated heterocycles. The summed E-state index contributed by atoms with van der Waals surface area (Å²) in [6, 6.07) is 0. The molecule has 0 spiro atoms. The van der Waals surface area contributed by atoms with E-state index in [4.69, 9.17) is 9.79 Å². The summed E-state index contributed by atoms with van der Waals surface area (Å²) in [5, 5.41) is 0. The van der Waals surface area contributed by atoms with Gasteiger partial charge in [-0.05, 0) is 19.8 Å². The van der Waals surface area contributed by atoms with E-state index >= 15 is 0 Å². The molecule has 0 aromatic rings. The highest BCUT2D eigenvalue weighted by molar-refractivity contribution is 7.46. The summed E-state index contributed by atoms with van der Waals surface area (Å²) in [7, 11) is -4.28. The topological polar surface area (TPSA) is 66.8 Å². The van der Waals surface area contributed by atoms with Gasteiger partial charge in [0.15, 0.2) is 0 Å². The van der Waals surface area contributed by atoms with Crippen LogP contribution < -0.4 is 0 Å². The molecule has 2 N–H and O–H groups in total. The Morgan fingerprint density at radius 1 is 1.36 bits per heavy atom. The maximum atomic E-state index is 10.5. The zero-order valence-corrected chi connectivity index (χ0v) is 7.38. The first kappa shape index (κ1) is 9.20. The molecule has 0 amide bonds. The third-order valence-electron chi connectivity index (χ3n) is 2.00. The molecule has 0 aromatic carbocycles. The highest BCUT2D eigenvalue weighted by Gasteiger charge is 2.35. The zero-order valence-electron chi connectivity index (χ0n) is 6.49. The largest absolute Gasteiger partial charge is 0.470 e. The molecule has 1 saturated carbocycles. The standard InChI is InChI=1S/C6H13O4P/c1-6(4-2-3-5-6)10-11(7,8)9/h2-5H2,1H3,(H2,7,8,9). The Morgan fingerprint density at radius 3 is 2.18 bits per heavy atom. The first-order chi connectivity index (χ1) is 4.91. The Morgan fingerprint density at radius 2 is 1.82 bits per heavy atom. The van der Waals surface area contributed by atoms with E-state index in [-0.39, 0.29) is 0 Å². The van der Waals surface area contributed by atoms with Gasteiger partial charge in [0.1, 0.15) is 0 Å². The lowest BCUT2D eigenvalue weighted by atomic mass is 10.1. The molecule has 0 radical (unpaired) electrons. The Balaban J connectivity index is 2.53. The van der Waals surface area contributed by atoms with Gasteiger partial charge in [0.2, 0.25) is 0 Å². The maximum absolute atomic E-state index is 10.5. The van der Waals surface area contributed by atoms with Gasteiger partial charge < -0.3 is 9.79 Å². The summed E-state index contributed by atoms with van der Waals surface area (Å²) >= 11 is 0. The summed E-state index contributed by atoms with van der Waals surface area (Å²) in [5.74, 6) is 0. The molecule has 0 bridgehead atoms. The van der Waals surface area contributed by atoms with Gasteiger partial charge in [-0.25, -0.2) is 4.57 Å². The van der Waals surface area contributed by atoms with Crippen molar-refractivity contribution in [2.45, 2.75) is 38.2 Å². The van der Waals surface area contributed by atoms with Crippen LogP contribution in [0.15, 0.2) is 0 Å². The van der Waals surface area contributed by atoms with E-state index in [1.807, 2.05) is 0 Å². The Hall–Kier alpha value is 0.110. The average Bonchev–Trinajstić information content (AvgIpc) is 2.09. The minimum absolute atomic E-state index is 0.584. The maximum Gasteiger partial charge on any atom is 0.470 e. The lowest BCUT2D eigenvalue weighted by Gasteiger charge is -2.23. The molecule has 11 heavy (non-hydrogen) atoms. The van der Waals surface area contributed by atoms with Crippen molar-refractivity contribution in [1.29, 1.82) is 0 Å². The van der Waals surface area contributed by atoms with Crippen molar-refractivity contribution in [1.82, 2.24) is 0 Å². The molecule has 1 aliphatic carbocycles. The molecule has 5 heteroatoms. The molecule has 0 aromatic heterocycles. The molecule has 0 aliphatic heterocycles. The second-order valence-corrected chi connectivity index (χ2v) is 4.40. The van der Waals surface area contributed by atoms with Crippen LogP contribution in [0.1, 0.15) is 32.6 Å². The second-order valence-electron chi connectivity index (χ2n) is 3.24. The lowest BCUT2D eigenvalue weighted by Crippen LogP contribution is -2.22. The molecule has 0 atom stereocenters. The van der Waals surface area contributed by atoms with Crippen LogP contribution in [0.2, 0.25) is 0 Å². The van der Waals surface area contributed by atoms with Crippen LogP contribution in [0.3, 0.4) is 0 Å². The highest BCUT2D eigenvalue weighted by Crippen LogP contribution is 2.47. The van der Waals surface area contributed by atoms with Gasteiger partial charge in [0.25, 0.3) is 0 Å². The fourth-order valence-corrected chi connectivity index (χ4v) is 2.26. The molecule has 0 unspecified atom stereocenters. The van der Waals surface area contributed by atoms with Gasteiger partial charge in [-0.1, -0.05) is 12.8 Å². The van der Waals surface area contributed by atoms with E-state index in [1.165, 1.54) is 0 Å². The van der Waals surface area contributed by atoms with Gasteiger partial charge in [0.05, 0.1) is 5.60 Å². The molecule has 1 fully saturated rings. The molecule has 1 rings (SSSR count). The predicted octanol–water partition coefficient (Wildman–Crippen LogP) is 1.43. The van der Waals surface area contributed by atoms with E-state index in [0.717, 1.165) is 25.7 Å². The number of rotatable bonds is 2. The van der Waals surface area contributed by atoms with Gasteiger partial charge in [-0.2, -0.15) is 0 Å². The van der Waals surface area contributed by atoms with Crippen molar-refractivity contribution in [2.24, 2.45) is 0 Å². The van der Waals surface area contributed by atoms with Crippen molar-refractivity contribution in [2.75, 3.05) is 0 Å².